The van der Waals surface area contributed by atoms with E-state index >= 15 is 0 Å². The molecule has 2 aromatic carbocycles. The molecular weight excluding hydrogens is 368 g/mol. The summed E-state index contributed by atoms with van der Waals surface area (Å²) in [6.07, 6.45) is -5.49. The van der Waals surface area contributed by atoms with Crippen molar-refractivity contribution in [2.45, 2.75) is 24.4 Å². The van der Waals surface area contributed by atoms with E-state index in [2.05, 4.69) is 58.0 Å². The zero-order chi connectivity index (χ0) is 19.9. The SMILES string of the molecule is O=C(O)O[C@H]1CO[C@H]2[C@@H]1OC[C@H]2OC(=O)O.c1ccc(-c2ccccc2)cc1. The number of carbonyl (C=O) groups is 2. The van der Waals surface area contributed by atoms with Crippen LogP contribution in [0.15, 0.2) is 60.7 Å². The lowest BCUT2D eigenvalue weighted by Gasteiger charge is -2.14. The molecule has 0 aliphatic carbocycles. The summed E-state index contributed by atoms with van der Waals surface area (Å²) in [6.45, 7) is 0.0855. The summed E-state index contributed by atoms with van der Waals surface area (Å²) in [5.74, 6) is 0. The van der Waals surface area contributed by atoms with Crippen molar-refractivity contribution in [1.82, 2.24) is 0 Å². The molecule has 8 heteroatoms. The zero-order valence-electron chi connectivity index (χ0n) is 14.8. The van der Waals surface area contributed by atoms with Crippen LogP contribution in [-0.4, -0.2) is 60.2 Å². The highest BCUT2D eigenvalue weighted by molar-refractivity contribution is 5.62. The molecule has 2 heterocycles. The van der Waals surface area contributed by atoms with Gasteiger partial charge in [0.15, 0.2) is 12.2 Å². The first-order chi connectivity index (χ1) is 13.5. The minimum atomic E-state index is -1.42. The van der Waals surface area contributed by atoms with Gasteiger partial charge in [0.1, 0.15) is 12.2 Å². The molecule has 2 saturated heterocycles. The molecule has 4 atom stereocenters. The normalized spacial score (nSPS) is 25.1. The zero-order valence-corrected chi connectivity index (χ0v) is 14.8. The number of ether oxygens (including phenoxy) is 4. The first-order valence-corrected chi connectivity index (χ1v) is 8.67. The topological polar surface area (TPSA) is 112 Å². The number of rotatable bonds is 3. The molecule has 28 heavy (non-hydrogen) atoms. The number of carboxylic acid groups (broad SMARTS) is 2. The average molecular weight is 388 g/mol. The Kier molecular flexibility index (Phi) is 6.46. The van der Waals surface area contributed by atoms with Crippen LogP contribution in [-0.2, 0) is 18.9 Å². The van der Waals surface area contributed by atoms with E-state index < -0.39 is 36.7 Å². The van der Waals surface area contributed by atoms with Gasteiger partial charge in [-0.3, -0.25) is 0 Å². The molecule has 0 bridgehead atoms. The maximum absolute atomic E-state index is 10.3. The molecule has 2 fully saturated rings. The molecule has 2 aromatic rings. The van der Waals surface area contributed by atoms with Crippen molar-refractivity contribution in [3.8, 4) is 11.1 Å². The van der Waals surface area contributed by atoms with Gasteiger partial charge in [-0.15, -0.1) is 0 Å². The molecule has 0 spiro atoms. The van der Waals surface area contributed by atoms with Crippen molar-refractivity contribution in [2.24, 2.45) is 0 Å². The molecule has 0 saturated carbocycles. The van der Waals surface area contributed by atoms with Gasteiger partial charge in [-0.05, 0) is 11.1 Å². The number of hydrogen-bond donors (Lipinski definition) is 2. The quantitative estimate of drug-likeness (QED) is 0.771. The summed E-state index contributed by atoms with van der Waals surface area (Å²) in [4.78, 5) is 20.7. The van der Waals surface area contributed by atoms with Gasteiger partial charge in [-0.1, -0.05) is 60.7 Å². The van der Waals surface area contributed by atoms with E-state index in [1.807, 2.05) is 12.1 Å². The average Bonchev–Trinajstić information content (AvgIpc) is 3.27. The first kappa shape index (κ1) is 19.7. The van der Waals surface area contributed by atoms with Crippen LogP contribution in [0.5, 0.6) is 0 Å². The van der Waals surface area contributed by atoms with E-state index in [-0.39, 0.29) is 13.2 Å². The van der Waals surface area contributed by atoms with Gasteiger partial charge in [0.25, 0.3) is 0 Å². The molecule has 0 aromatic heterocycles. The van der Waals surface area contributed by atoms with Crippen molar-refractivity contribution in [1.29, 1.82) is 0 Å². The first-order valence-electron chi connectivity index (χ1n) is 8.67. The third kappa shape index (κ3) is 4.99. The van der Waals surface area contributed by atoms with Crippen molar-refractivity contribution in [3.05, 3.63) is 60.7 Å². The Hall–Kier alpha value is -3.10. The Morgan fingerprint density at radius 1 is 0.714 bits per heavy atom. The van der Waals surface area contributed by atoms with Crippen LogP contribution in [0.2, 0.25) is 0 Å². The molecule has 2 aliphatic rings. The van der Waals surface area contributed by atoms with Crippen LogP contribution < -0.4 is 0 Å². The van der Waals surface area contributed by atoms with Crippen LogP contribution >= 0.6 is 0 Å². The number of hydrogen-bond acceptors (Lipinski definition) is 6. The van der Waals surface area contributed by atoms with E-state index in [4.69, 9.17) is 19.7 Å². The fraction of sp³-hybridized carbons (Fsp3) is 0.300. The maximum atomic E-state index is 10.3. The van der Waals surface area contributed by atoms with E-state index in [9.17, 15) is 9.59 Å². The molecule has 4 rings (SSSR count). The van der Waals surface area contributed by atoms with Gasteiger partial charge in [0.2, 0.25) is 0 Å². The van der Waals surface area contributed by atoms with Gasteiger partial charge >= 0.3 is 12.3 Å². The van der Waals surface area contributed by atoms with E-state index in [0.29, 0.717) is 0 Å². The van der Waals surface area contributed by atoms with Crippen LogP contribution in [0.4, 0.5) is 9.59 Å². The summed E-state index contributed by atoms with van der Waals surface area (Å²) < 4.78 is 19.5. The molecule has 0 unspecified atom stereocenters. The lowest BCUT2D eigenvalue weighted by molar-refractivity contribution is -0.0305. The van der Waals surface area contributed by atoms with Crippen molar-refractivity contribution in [3.63, 3.8) is 0 Å². The van der Waals surface area contributed by atoms with Gasteiger partial charge in [0.05, 0.1) is 13.2 Å². The lowest BCUT2D eigenvalue weighted by Crippen LogP contribution is -2.35. The molecule has 2 aliphatic heterocycles. The second kappa shape index (κ2) is 9.20. The number of fused-ring (bicyclic) bond motifs is 1. The van der Waals surface area contributed by atoms with Crippen molar-refractivity contribution >= 4 is 12.3 Å². The van der Waals surface area contributed by atoms with Gasteiger partial charge in [-0.2, -0.15) is 0 Å². The van der Waals surface area contributed by atoms with E-state index in [1.54, 1.807) is 0 Å². The van der Waals surface area contributed by atoms with Crippen molar-refractivity contribution in [2.75, 3.05) is 13.2 Å². The summed E-state index contributed by atoms with van der Waals surface area (Å²) in [7, 11) is 0. The van der Waals surface area contributed by atoms with Gasteiger partial charge < -0.3 is 29.2 Å². The summed E-state index contributed by atoms with van der Waals surface area (Å²) in [5.41, 5.74) is 2.55. The highest BCUT2D eigenvalue weighted by Crippen LogP contribution is 2.30. The summed E-state index contributed by atoms with van der Waals surface area (Å²) >= 11 is 0. The lowest BCUT2D eigenvalue weighted by atomic mass is 10.1. The Bertz CT molecular complexity index is 712. The van der Waals surface area contributed by atoms with Gasteiger partial charge in [-0.25, -0.2) is 9.59 Å². The van der Waals surface area contributed by atoms with E-state index in [1.165, 1.54) is 11.1 Å². The van der Waals surface area contributed by atoms with Crippen LogP contribution in [0, 0.1) is 0 Å². The minimum Gasteiger partial charge on any atom is -0.450 e. The maximum Gasteiger partial charge on any atom is 0.506 e. The Labute approximate surface area is 161 Å². The third-order valence-corrected chi connectivity index (χ3v) is 4.35. The highest BCUT2D eigenvalue weighted by atomic mass is 16.7. The monoisotopic (exact) mass is 388 g/mol. The van der Waals surface area contributed by atoms with Crippen LogP contribution in [0.3, 0.4) is 0 Å². The fourth-order valence-corrected chi connectivity index (χ4v) is 3.15. The minimum absolute atomic E-state index is 0.0428. The fourth-order valence-electron chi connectivity index (χ4n) is 3.15. The largest absolute Gasteiger partial charge is 0.506 e. The van der Waals surface area contributed by atoms with Crippen LogP contribution in [0.1, 0.15) is 0 Å². The molecule has 0 amide bonds. The molecule has 2 N–H and O–H groups in total. The Balaban J connectivity index is 0.000000167. The van der Waals surface area contributed by atoms with Crippen LogP contribution in [0.25, 0.3) is 11.1 Å². The number of benzene rings is 2. The molecule has 0 radical (unpaired) electrons. The highest BCUT2D eigenvalue weighted by Gasteiger charge is 2.51. The Morgan fingerprint density at radius 3 is 1.39 bits per heavy atom. The molecular formula is C20H20O8. The summed E-state index contributed by atoms with van der Waals surface area (Å²) in [5, 5.41) is 16.9. The van der Waals surface area contributed by atoms with Gasteiger partial charge in [0, 0.05) is 0 Å². The second-order valence-electron chi connectivity index (χ2n) is 6.17. The summed E-state index contributed by atoms with van der Waals surface area (Å²) in [6, 6.07) is 20.8. The van der Waals surface area contributed by atoms with Crippen molar-refractivity contribution < 1.29 is 38.7 Å². The second-order valence-corrected chi connectivity index (χ2v) is 6.17. The third-order valence-electron chi connectivity index (χ3n) is 4.35. The molecule has 148 valence electrons. The smallest absolute Gasteiger partial charge is 0.450 e. The predicted molar refractivity (Wildman–Crippen MR) is 97.2 cm³/mol. The van der Waals surface area contributed by atoms with E-state index in [0.717, 1.165) is 0 Å². The molecule has 8 nitrogen and oxygen atoms in total. The standard InChI is InChI=1S/C12H10.C8H10O8/c1-3-7-11(8-4-1)12-9-5-2-6-10-12;9-7(10)15-3-1-13-6-4(16-8(11)12)2-14-5(3)6/h1-10H;3-6H,1-2H2,(H,9,10)(H,11,12)/t;3-,4+,5-,6-/m.1/s1. The predicted octanol–water partition coefficient (Wildman–Crippen LogP) is 3.26. The Morgan fingerprint density at radius 2 is 1.07 bits per heavy atom.